The van der Waals surface area contributed by atoms with Crippen molar-refractivity contribution < 1.29 is 64.6 Å². The number of carbonyl (C=O) groups excluding carboxylic acids is 1. The van der Waals surface area contributed by atoms with Crippen molar-refractivity contribution in [1.29, 1.82) is 0 Å². The summed E-state index contributed by atoms with van der Waals surface area (Å²) in [5.74, 6) is -0.258. The van der Waals surface area contributed by atoms with E-state index in [9.17, 15) is 45.6 Å². The Hall–Kier alpha value is -1.53. The van der Waals surface area contributed by atoms with E-state index < -0.39 is 86.8 Å². The highest BCUT2D eigenvalue weighted by atomic mass is 16.7. The second kappa shape index (κ2) is 32.2. The number of allylic oxidation sites excluding steroid dienone is 3. The maximum absolute atomic E-state index is 13.0. The molecule has 2 rings (SSSR count). The zero-order valence-corrected chi connectivity index (χ0v) is 35.5. The van der Waals surface area contributed by atoms with Crippen LogP contribution in [-0.4, -0.2) is 140 Å². The van der Waals surface area contributed by atoms with Crippen LogP contribution in [0.2, 0.25) is 0 Å². The van der Waals surface area contributed by atoms with Crippen LogP contribution in [0.3, 0.4) is 0 Å². The topological polar surface area (TPSA) is 228 Å². The Morgan fingerprint density at radius 3 is 1.69 bits per heavy atom. The van der Waals surface area contributed by atoms with Gasteiger partial charge in [0.2, 0.25) is 5.91 Å². The van der Waals surface area contributed by atoms with E-state index in [1.807, 2.05) is 6.08 Å². The third kappa shape index (κ3) is 20.4. The summed E-state index contributed by atoms with van der Waals surface area (Å²) in [4.78, 5) is 13.0. The third-order valence-electron chi connectivity index (χ3n) is 11.1. The lowest BCUT2D eigenvalue weighted by molar-refractivity contribution is -0.359. The van der Waals surface area contributed by atoms with E-state index in [-0.39, 0.29) is 18.9 Å². The summed E-state index contributed by atoms with van der Waals surface area (Å²) in [5, 5.41) is 86.2. The van der Waals surface area contributed by atoms with Crippen LogP contribution in [0, 0.1) is 0 Å². The smallest absolute Gasteiger partial charge is 0.220 e. The van der Waals surface area contributed by atoms with Crippen molar-refractivity contribution in [3.05, 3.63) is 24.3 Å². The first kappa shape index (κ1) is 52.6. The van der Waals surface area contributed by atoms with Gasteiger partial charge in [-0.3, -0.25) is 4.79 Å². The molecule has 340 valence electrons. The van der Waals surface area contributed by atoms with Gasteiger partial charge in [-0.15, -0.1) is 0 Å². The Morgan fingerprint density at radius 2 is 1.10 bits per heavy atom. The van der Waals surface area contributed by atoms with Crippen LogP contribution in [-0.2, 0) is 23.7 Å². The first-order chi connectivity index (χ1) is 28.1. The van der Waals surface area contributed by atoms with E-state index in [0.717, 1.165) is 38.5 Å². The molecule has 12 unspecified atom stereocenters. The molecule has 2 aliphatic rings. The molecule has 0 aromatic carbocycles. The number of hydrogen-bond donors (Lipinski definition) is 9. The number of rotatable bonds is 33. The van der Waals surface area contributed by atoms with Gasteiger partial charge in [-0.05, 0) is 32.1 Å². The van der Waals surface area contributed by atoms with E-state index >= 15 is 0 Å². The second-order valence-electron chi connectivity index (χ2n) is 16.2. The number of amides is 1. The Labute approximate surface area is 348 Å². The van der Waals surface area contributed by atoms with Crippen molar-refractivity contribution in [3.8, 4) is 0 Å². The maximum Gasteiger partial charge on any atom is 0.220 e. The summed E-state index contributed by atoms with van der Waals surface area (Å²) in [7, 11) is 0. The fourth-order valence-corrected chi connectivity index (χ4v) is 7.36. The van der Waals surface area contributed by atoms with Crippen molar-refractivity contribution in [2.24, 2.45) is 0 Å². The van der Waals surface area contributed by atoms with Crippen LogP contribution >= 0.6 is 0 Å². The van der Waals surface area contributed by atoms with E-state index in [1.54, 1.807) is 6.08 Å². The predicted octanol–water partition coefficient (Wildman–Crippen LogP) is 4.21. The quantitative estimate of drug-likeness (QED) is 0.0334. The fraction of sp³-hybridized carbons (Fsp3) is 0.886. The summed E-state index contributed by atoms with van der Waals surface area (Å²) < 4.78 is 22.5. The van der Waals surface area contributed by atoms with Gasteiger partial charge in [0.05, 0.1) is 32.0 Å². The normalized spacial score (nSPS) is 29.0. The van der Waals surface area contributed by atoms with Crippen molar-refractivity contribution >= 4 is 5.91 Å². The molecule has 2 saturated heterocycles. The van der Waals surface area contributed by atoms with Crippen molar-refractivity contribution in [2.75, 3.05) is 19.8 Å². The van der Waals surface area contributed by atoms with Crippen LogP contribution in [0.1, 0.15) is 155 Å². The molecule has 0 bridgehead atoms. The molecule has 12 atom stereocenters. The van der Waals surface area contributed by atoms with Gasteiger partial charge in [0.1, 0.15) is 48.8 Å². The average molecular weight is 832 g/mol. The van der Waals surface area contributed by atoms with Crippen LogP contribution in [0.15, 0.2) is 24.3 Å². The summed E-state index contributed by atoms with van der Waals surface area (Å²) in [5.41, 5.74) is 0. The lowest BCUT2D eigenvalue weighted by Crippen LogP contribution is -2.65. The fourth-order valence-electron chi connectivity index (χ4n) is 7.36. The second-order valence-corrected chi connectivity index (χ2v) is 16.2. The number of carbonyl (C=O) groups is 1. The van der Waals surface area contributed by atoms with E-state index in [1.165, 1.54) is 83.5 Å². The molecular weight excluding hydrogens is 750 g/mol. The lowest BCUT2D eigenvalue weighted by Gasteiger charge is -2.46. The minimum atomic E-state index is -1.79. The SMILES string of the molecule is CCCCCCCCCCCCC/C=C/CC/C=C/C(O)C(COC1OC(CO)C(OC2OC(CO)C(O)C(O)C2O)C(O)C1O)NC(=O)CCCCCCCCC. The van der Waals surface area contributed by atoms with E-state index in [0.29, 0.717) is 12.8 Å². The molecule has 0 spiro atoms. The number of ether oxygens (including phenoxy) is 4. The van der Waals surface area contributed by atoms with Crippen molar-refractivity contribution in [1.82, 2.24) is 5.32 Å². The van der Waals surface area contributed by atoms with Crippen LogP contribution < -0.4 is 5.32 Å². The molecular formula is C44H81NO13. The minimum Gasteiger partial charge on any atom is -0.394 e. The van der Waals surface area contributed by atoms with Gasteiger partial charge in [-0.2, -0.15) is 0 Å². The van der Waals surface area contributed by atoms with Gasteiger partial charge in [0.15, 0.2) is 12.6 Å². The van der Waals surface area contributed by atoms with Gasteiger partial charge >= 0.3 is 0 Å². The molecule has 2 heterocycles. The molecule has 1 amide bonds. The molecule has 0 saturated carbocycles. The lowest BCUT2D eigenvalue weighted by atomic mass is 9.97. The number of unbranched alkanes of at least 4 members (excludes halogenated alkanes) is 18. The predicted molar refractivity (Wildman–Crippen MR) is 221 cm³/mol. The minimum absolute atomic E-state index is 0.258. The first-order valence-electron chi connectivity index (χ1n) is 22.6. The van der Waals surface area contributed by atoms with Gasteiger partial charge in [0, 0.05) is 6.42 Å². The first-order valence-corrected chi connectivity index (χ1v) is 22.6. The molecule has 9 N–H and O–H groups in total. The molecule has 0 radical (unpaired) electrons. The highest BCUT2D eigenvalue weighted by Gasteiger charge is 2.50. The standard InChI is InChI=1S/C44H81NO13/c1-3-5-7-9-11-12-13-14-15-16-17-18-19-20-22-23-25-27-33(48)32(45-36(49)28-26-24-21-10-8-6-4-2)31-55-43-41(54)39(52)42(35(30-47)57-43)58-44-40(53)38(51)37(50)34(29-46)56-44/h19-20,25,27,32-35,37-44,46-48,50-54H,3-18,21-24,26,28-31H2,1-2H3,(H,45,49)/b20-19+,27-25+. The highest BCUT2D eigenvalue weighted by Crippen LogP contribution is 2.30. The molecule has 14 nitrogen and oxygen atoms in total. The molecule has 0 aromatic rings. The number of aliphatic hydroxyl groups excluding tert-OH is 8. The van der Waals surface area contributed by atoms with Gasteiger partial charge in [-0.25, -0.2) is 0 Å². The third-order valence-corrected chi connectivity index (χ3v) is 11.1. The number of nitrogens with one attached hydrogen (secondary N) is 1. The molecule has 58 heavy (non-hydrogen) atoms. The monoisotopic (exact) mass is 832 g/mol. The molecule has 0 aliphatic carbocycles. The number of aliphatic hydroxyl groups is 8. The van der Waals surface area contributed by atoms with Gasteiger partial charge in [-0.1, -0.05) is 141 Å². The summed E-state index contributed by atoms with van der Waals surface area (Å²) in [6.07, 6.45) is 15.4. The van der Waals surface area contributed by atoms with Crippen molar-refractivity contribution in [2.45, 2.75) is 229 Å². The maximum atomic E-state index is 13.0. The average Bonchev–Trinajstić information content (AvgIpc) is 3.22. The Bertz CT molecular complexity index is 1080. The zero-order chi connectivity index (χ0) is 42.5. The highest BCUT2D eigenvalue weighted by molar-refractivity contribution is 5.76. The Kier molecular flexibility index (Phi) is 29.2. The van der Waals surface area contributed by atoms with E-state index in [2.05, 4.69) is 31.3 Å². The van der Waals surface area contributed by atoms with Gasteiger partial charge in [0.25, 0.3) is 0 Å². The molecule has 2 fully saturated rings. The molecule has 2 aliphatic heterocycles. The van der Waals surface area contributed by atoms with Gasteiger partial charge < -0.3 is 65.1 Å². The van der Waals surface area contributed by atoms with Crippen LogP contribution in [0.5, 0.6) is 0 Å². The largest absolute Gasteiger partial charge is 0.394 e. The van der Waals surface area contributed by atoms with Crippen LogP contribution in [0.25, 0.3) is 0 Å². The Morgan fingerprint density at radius 1 is 0.603 bits per heavy atom. The zero-order valence-electron chi connectivity index (χ0n) is 35.5. The van der Waals surface area contributed by atoms with Crippen molar-refractivity contribution in [3.63, 3.8) is 0 Å². The molecule has 0 aromatic heterocycles. The summed E-state index contributed by atoms with van der Waals surface area (Å²) in [6.45, 7) is 2.69. The number of hydrogen-bond acceptors (Lipinski definition) is 13. The summed E-state index contributed by atoms with van der Waals surface area (Å²) >= 11 is 0. The van der Waals surface area contributed by atoms with Crippen LogP contribution in [0.4, 0.5) is 0 Å². The molecule has 14 heteroatoms. The summed E-state index contributed by atoms with van der Waals surface area (Å²) in [6, 6.07) is -0.923. The Balaban J connectivity index is 1.89. The van der Waals surface area contributed by atoms with E-state index in [4.69, 9.17) is 18.9 Å².